The predicted molar refractivity (Wildman–Crippen MR) is 244 cm³/mol. The lowest BCUT2D eigenvalue weighted by molar-refractivity contribution is 1.18. The van der Waals surface area contributed by atoms with Crippen LogP contribution in [0.2, 0.25) is 0 Å². The van der Waals surface area contributed by atoms with Crippen molar-refractivity contribution in [3.63, 3.8) is 0 Å². The van der Waals surface area contributed by atoms with Crippen molar-refractivity contribution in [3.05, 3.63) is 206 Å². The van der Waals surface area contributed by atoms with Crippen LogP contribution in [0.3, 0.4) is 0 Å². The van der Waals surface area contributed by atoms with Crippen LogP contribution >= 0.6 is 11.3 Å². The van der Waals surface area contributed by atoms with Gasteiger partial charge in [-0.3, -0.25) is 0 Å². The van der Waals surface area contributed by atoms with Crippen LogP contribution in [-0.2, 0) is 0 Å². The molecule has 0 saturated heterocycles. The minimum Gasteiger partial charge on any atom is -0.309 e. The highest BCUT2D eigenvalue weighted by Crippen LogP contribution is 2.42. The van der Waals surface area contributed by atoms with E-state index in [1.807, 2.05) is 84.9 Å². The summed E-state index contributed by atoms with van der Waals surface area (Å²) >= 11 is 1.62. The van der Waals surface area contributed by atoms with Crippen LogP contribution in [0.15, 0.2) is 206 Å². The van der Waals surface area contributed by atoms with Gasteiger partial charge in [-0.2, -0.15) is 0 Å². The van der Waals surface area contributed by atoms with E-state index in [0.29, 0.717) is 11.3 Å². The summed E-state index contributed by atoms with van der Waals surface area (Å²) in [7, 11) is 0. The Morgan fingerprint density at radius 3 is 1.96 bits per heavy atom. The molecule has 9 aromatic carbocycles. The third-order valence-electron chi connectivity index (χ3n) is 11.2. The first-order valence-corrected chi connectivity index (χ1v) is 19.8. The Hall–Kier alpha value is -7.20. The fourth-order valence-electron chi connectivity index (χ4n) is 8.57. The second kappa shape index (κ2) is 12.7. The van der Waals surface area contributed by atoms with Gasteiger partial charge in [0, 0.05) is 58.7 Å². The first kappa shape index (κ1) is 25.8. The number of rotatable bonds is 5. The van der Waals surface area contributed by atoms with Crippen LogP contribution in [0.5, 0.6) is 0 Å². The first-order chi connectivity index (χ1) is 31.2. The second-order valence-electron chi connectivity index (χ2n) is 14.4. The predicted octanol–water partition coefficient (Wildman–Crippen LogP) is 15.2. The second-order valence-corrected chi connectivity index (χ2v) is 15.4. The summed E-state index contributed by atoms with van der Waals surface area (Å²) in [4.78, 5) is 0. The molecule has 0 radical (unpaired) electrons. The number of para-hydroxylation sites is 2. The molecule has 57 heavy (non-hydrogen) atoms. The molecule has 0 aliphatic heterocycles. The summed E-state index contributed by atoms with van der Waals surface area (Å²) in [6.07, 6.45) is 0. The Balaban J connectivity index is 1.14. The van der Waals surface area contributed by atoms with Crippen molar-refractivity contribution < 1.29 is 9.60 Å². The minimum atomic E-state index is -0.418. The van der Waals surface area contributed by atoms with Gasteiger partial charge in [-0.15, -0.1) is 11.3 Å². The van der Waals surface area contributed by atoms with E-state index in [2.05, 4.69) is 83.4 Å². The lowest BCUT2D eigenvalue weighted by Crippen LogP contribution is -1.96. The van der Waals surface area contributed by atoms with Gasteiger partial charge in [-0.05, 0) is 88.4 Å². The molecule has 3 heteroatoms. The zero-order chi connectivity index (χ0) is 43.5. The van der Waals surface area contributed by atoms with Crippen molar-refractivity contribution in [2.75, 3.05) is 0 Å². The summed E-state index contributed by atoms with van der Waals surface area (Å²) < 4.78 is 71.3. The lowest BCUT2D eigenvalue weighted by Gasteiger charge is -2.13. The molecular weight excluding hydrogens is 709 g/mol. The minimum absolute atomic E-state index is 0.0728. The molecule has 12 rings (SSSR count). The highest BCUT2D eigenvalue weighted by molar-refractivity contribution is 7.25. The molecule has 0 amide bonds. The Morgan fingerprint density at radius 1 is 0.368 bits per heavy atom. The number of hydrogen-bond acceptors (Lipinski definition) is 1. The normalized spacial score (nSPS) is 13.6. The summed E-state index contributed by atoms with van der Waals surface area (Å²) in [6.45, 7) is 0. The molecule has 0 fully saturated rings. The van der Waals surface area contributed by atoms with Gasteiger partial charge in [0.15, 0.2) is 0 Å². The summed E-state index contributed by atoms with van der Waals surface area (Å²) in [5, 5.41) is 4.42. The number of nitrogens with zero attached hydrogens (tertiary/aromatic N) is 2. The molecule has 0 spiro atoms. The molecule has 2 nitrogen and oxygen atoms in total. The average molecular weight is 750 g/mol. The molecule has 3 heterocycles. The average Bonchev–Trinajstić information content (AvgIpc) is 4.01. The maximum absolute atomic E-state index is 9.96. The fourth-order valence-corrected chi connectivity index (χ4v) is 9.71. The van der Waals surface area contributed by atoms with Crippen LogP contribution in [-0.4, -0.2) is 9.13 Å². The maximum Gasteiger partial charge on any atom is 0.0645 e. The summed E-state index contributed by atoms with van der Waals surface area (Å²) in [5.41, 5.74) is 8.96. The van der Waals surface area contributed by atoms with Crippen LogP contribution in [0, 0.1) is 0 Å². The van der Waals surface area contributed by atoms with E-state index < -0.39 is 12.1 Å². The van der Waals surface area contributed by atoms with E-state index in [4.69, 9.17) is 2.74 Å². The standard InChI is InChI=1S/C54H34N2S/c1-3-13-35(14-4-1)37-17-11-18-40(31-37)56-51-30-26-39(33-48(51)46-22-12-21-42(54(46)56)36-15-5-2-6-16-36)38-25-29-50-47(32-38)43-19-7-9-23-49(43)55(50)41-27-28-45-44-20-8-10-24-52(44)57-53(45)34-41/h1-34H/i7D,9D,19D,23D,25D,29D,32D. The Morgan fingerprint density at radius 2 is 1.07 bits per heavy atom. The molecule has 266 valence electrons. The molecule has 3 aromatic heterocycles. The van der Waals surface area contributed by atoms with Gasteiger partial charge in [0.1, 0.15) is 0 Å². The van der Waals surface area contributed by atoms with Crippen molar-refractivity contribution in [1.82, 2.24) is 9.13 Å². The van der Waals surface area contributed by atoms with Gasteiger partial charge < -0.3 is 9.13 Å². The number of hydrogen-bond donors (Lipinski definition) is 0. The van der Waals surface area contributed by atoms with Crippen LogP contribution < -0.4 is 0 Å². The van der Waals surface area contributed by atoms with E-state index >= 15 is 0 Å². The molecule has 12 aromatic rings. The van der Waals surface area contributed by atoms with Crippen molar-refractivity contribution in [3.8, 4) is 44.8 Å². The Bertz CT molecular complexity index is 3930. The number of thiophene rings is 1. The van der Waals surface area contributed by atoms with Gasteiger partial charge in [0.2, 0.25) is 0 Å². The first-order valence-electron chi connectivity index (χ1n) is 22.4. The topological polar surface area (TPSA) is 9.86 Å². The zero-order valence-corrected chi connectivity index (χ0v) is 31.2. The largest absolute Gasteiger partial charge is 0.309 e. The molecule has 0 unspecified atom stereocenters. The quantitative estimate of drug-likeness (QED) is 0.166. The molecule has 0 N–H and O–H groups in total. The van der Waals surface area contributed by atoms with Gasteiger partial charge >= 0.3 is 0 Å². The monoisotopic (exact) mass is 749 g/mol. The molecule has 0 aliphatic carbocycles. The van der Waals surface area contributed by atoms with Crippen LogP contribution in [0.25, 0.3) is 109 Å². The molecule has 0 bridgehead atoms. The van der Waals surface area contributed by atoms with Crippen molar-refractivity contribution in [2.24, 2.45) is 0 Å². The fraction of sp³-hybridized carbons (Fsp3) is 0. The van der Waals surface area contributed by atoms with Gasteiger partial charge in [-0.1, -0.05) is 145 Å². The van der Waals surface area contributed by atoms with E-state index in [9.17, 15) is 6.85 Å². The van der Waals surface area contributed by atoms with E-state index in [0.717, 1.165) is 69.9 Å². The van der Waals surface area contributed by atoms with Gasteiger partial charge in [0.05, 0.1) is 31.7 Å². The molecule has 0 saturated carbocycles. The van der Waals surface area contributed by atoms with Crippen LogP contribution in [0.1, 0.15) is 9.60 Å². The highest BCUT2D eigenvalue weighted by atomic mass is 32.1. The van der Waals surface area contributed by atoms with E-state index in [1.54, 1.807) is 15.9 Å². The van der Waals surface area contributed by atoms with Crippen LogP contribution in [0.4, 0.5) is 0 Å². The van der Waals surface area contributed by atoms with Gasteiger partial charge in [0.25, 0.3) is 0 Å². The number of benzene rings is 9. The van der Waals surface area contributed by atoms with E-state index in [1.165, 1.54) is 0 Å². The molecular formula is C54H34N2S. The summed E-state index contributed by atoms with van der Waals surface area (Å²) in [6, 6.07) is 53.6. The molecule has 0 atom stereocenters. The Labute approximate surface area is 343 Å². The van der Waals surface area contributed by atoms with Gasteiger partial charge in [-0.25, -0.2) is 0 Å². The highest BCUT2D eigenvalue weighted by Gasteiger charge is 2.19. The zero-order valence-electron chi connectivity index (χ0n) is 37.4. The van der Waals surface area contributed by atoms with Crippen molar-refractivity contribution in [2.45, 2.75) is 0 Å². The third-order valence-corrected chi connectivity index (χ3v) is 12.3. The molecule has 0 aliphatic rings. The number of aromatic nitrogens is 2. The third kappa shape index (κ3) is 5.03. The number of fused-ring (bicyclic) bond motifs is 9. The van der Waals surface area contributed by atoms with Crippen molar-refractivity contribution >= 4 is 75.1 Å². The SMILES string of the molecule is [2H]c1c([2H])c([2H])c2c(c1[2H])c1c([2H])c(-c3ccc4c(c3)c3cccc(-c5ccccc5)c3n4-c3cccc(-c4ccccc4)c3)c([2H])c([2H])c1n2-c1ccc2c(c1)sc1ccccc12. The Kier molecular flexibility index (Phi) is 5.74. The lowest BCUT2D eigenvalue weighted by atomic mass is 9.99. The van der Waals surface area contributed by atoms with Crippen molar-refractivity contribution in [1.29, 1.82) is 0 Å². The summed E-state index contributed by atoms with van der Waals surface area (Å²) in [5.74, 6) is 0. The maximum atomic E-state index is 9.96. The van der Waals surface area contributed by atoms with E-state index in [-0.39, 0.29) is 57.6 Å². The smallest absolute Gasteiger partial charge is 0.0645 e.